The van der Waals surface area contributed by atoms with Gasteiger partial charge in [-0.15, -0.1) is 10.2 Å². The van der Waals surface area contributed by atoms with Gasteiger partial charge in [0, 0.05) is 24.2 Å². The van der Waals surface area contributed by atoms with Crippen molar-refractivity contribution in [2.45, 2.75) is 12.5 Å². The van der Waals surface area contributed by atoms with Gasteiger partial charge >= 0.3 is 0 Å². The third kappa shape index (κ3) is 2.32. The van der Waals surface area contributed by atoms with E-state index in [0.717, 1.165) is 5.56 Å². The van der Waals surface area contributed by atoms with Crippen molar-refractivity contribution in [3.05, 3.63) is 29.8 Å². The molecule has 0 saturated carbocycles. The lowest BCUT2D eigenvalue weighted by Gasteiger charge is -2.15. The van der Waals surface area contributed by atoms with Gasteiger partial charge in [-0.2, -0.15) is 5.21 Å². The molecule has 1 amide bonds. The number of carbonyl (C=O) groups is 1. The number of aromatic nitrogens is 4. The quantitative estimate of drug-likeness (QED) is 0.796. The van der Waals surface area contributed by atoms with Crippen molar-refractivity contribution in [3.8, 4) is 11.4 Å². The number of tetrazole rings is 1. The summed E-state index contributed by atoms with van der Waals surface area (Å²) in [6, 6.07) is 7.03. The van der Waals surface area contributed by atoms with E-state index in [4.69, 9.17) is 0 Å². The number of hydrogen-bond donors (Lipinski definition) is 2. The first-order chi connectivity index (χ1) is 9.24. The molecule has 7 nitrogen and oxygen atoms in total. The molecule has 0 spiro atoms. The van der Waals surface area contributed by atoms with Crippen LogP contribution in [0.4, 0.5) is 0 Å². The van der Waals surface area contributed by atoms with Gasteiger partial charge in [-0.1, -0.05) is 12.1 Å². The number of β-amino-alcohol motifs (C(OH)–C–C–N with tert-alkyl or cyclic N) is 1. The van der Waals surface area contributed by atoms with Gasteiger partial charge < -0.3 is 10.0 Å². The Morgan fingerprint density at radius 2 is 2.16 bits per heavy atom. The van der Waals surface area contributed by atoms with Gasteiger partial charge in [0.25, 0.3) is 5.91 Å². The van der Waals surface area contributed by atoms with E-state index in [1.54, 1.807) is 29.2 Å². The fraction of sp³-hybridized carbons (Fsp3) is 0.333. The van der Waals surface area contributed by atoms with Gasteiger partial charge in [-0.25, -0.2) is 0 Å². The van der Waals surface area contributed by atoms with E-state index >= 15 is 0 Å². The van der Waals surface area contributed by atoms with E-state index in [9.17, 15) is 9.90 Å². The monoisotopic (exact) mass is 259 g/mol. The van der Waals surface area contributed by atoms with E-state index in [1.807, 2.05) is 0 Å². The predicted molar refractivity (Wildman–Crippen MR) is 66.1 cm³/mol. The standard InChI is InChI=1S/C12H13N5O2/c18-10-5-6-17(7-10)12(19)9-3-1-8(2-4-9)11-13-15-16-14-11/h1-4,10,18H,5-7H2,(H,13,14,15,16). The highest BCUT2D eigenvalue weighted by atomic mass is 16.3. The minimum absolute atomic E-state index is 0.0591. The van der Waals surface area contributed by atoms with Gasteiger partial charge in [0.05, 0.1) is 6.10 Å². The van der Waals surface area contributed by atoms with Gasteiger partial charge in [-0.3, -0.25) is 4.79 Å². The lowest BCUT2D eigenvalue weighted by molar-refractivity contribution is 0.0765. The Labute approximate surface area is 109 Å². The molecule has 7 heteroatoms. The molecule has 2 N–H and O–H groups in total. The van der Waals surface area contributed by atoms with Crippen LogP contribution >= 0.6 is 0 Å². The lowest BCUT2D eigenvalue weighted by atomic mass is 10.1. The van der Waals surface area contributed by atoms with Crippen molar-refractivity contribution in [2.24, 2.45) is 0 Å². The molecule has 1 aliphatic rings. The molecule has 1 fully saturated rings. The number of nitrogens with zero attached hydrogens (tertiary/aromatic N) is 4. The molecule has 1 aromatic carbocycles. The van der Waals surface area contributed by atoms with E-state index in [-0.39, 0.29) is 5.91 Å². The molecule has 1 unspecified atom stereocenters. The number of benzene rings is 1. The summed E-state index contributed by atoms with van der Waals surface area (Å²) in [5.74, 6) is 0.437. The van der Waals surface area contributed by atoms with E-state index in [2.05, 4.69) is 20.6 Å². The molecular weight excluding hydrogens is 246 g/mol. The van der Waals surface area contributed by atoms with E-state index in [0.29, 0.717) is 30.9 Å². The fourth-order valence-corrected chi connectivity index (χ4v) is 2.15. The minimum atomic E-state index is -0.400. The van der Waals surface area contributed by atoms with Crippen LogP contribution in [0.2, 0.25) is 0 Å². The van der Waals surface area contributed by atoms with Crippen LogP contribution in [0.3, 0.4) is 0 Å². The molecule has 3 rings (SSSR count). The predicted octanol–water partition coefficient (Wildman–Crippen LogP) is 0.0735. The van der Waals surface area contributed by atoms with Crippen molar-refractivity contribution in [2.75, 3.05) is 13.1 Å². The molecule has 1 aromatic heterocycles. The highest BCUT2D eigenvalue weighted by Gasteiger charge is 2.25. The first kappa shape index (κ1) is 11.8. The number of aromatic amines is 1. The van der Waals surface area contributed by atoms with Crippen LogP contribution in [0.5, 0.6) is 0 Å². The molecular formula is C12H13N5O2. The summed E-state index contributed by atoms with van der Waals surface area (Å²) in [7, 11) is 0. The molecule has 1 atom stereocenters. The summed E-state index contributed by atoms with van der Waals surface area (Å²) < 4.78 is 0. The summed E-state index contributed by atoms with van der Waals surface area (Å²) in [5.41, 5.74) is 1.40. The number of aliphatic hydroxyl groups excluding tert-OH is 1. The summed E-state index contributed by atoms with van der Waals surface area (Å²) in [6.45, 7) is 1.01. The average molecular weight is 259 g/mol. The number of aliphatic hydroxyl groups is 1. The highest BCUT2D eigenvalue weighted by Crippen LogP contribution is 2.17. The maximum atomic E-state index is 12.2. The largest absolute Gasteiger partial charge is 0.391 e. The first-order valence-corrected chi connectivity index (χ1v) is 6.05. The molecule has 2 heterocycles. The van der Waals surface area contributed by atoms with Crippen LogP contribution in [0.15, 0.2) is 24.3 Å². The van der Waals surface area contributed by atoms with Crippen LogP contribution in [-0.2, 0) is 0 Å². The van der Waals surface area contributed by atoms with Crippen LogP contribution in [0.1, 0.15) is 16.8 Å². The lowest BCUT2D eigenvalue weighted by Crippen LogP contribution is -2.29. The van der Waals surface area contributed by atoms with E-state index < -0.39 is 6.10 Å². The number of carbonyl (C=O) groups excluding carboxylic acids is 1. The summed E-state index contributed by atoms with van der Waals surface area (Å²) in [5, 5.41) is 23.1. The Hall–Kier alpha value is -2.28. The van der Waals surface area contributed by atoms with Gasteiger partial charge in [-0.05, 0) is 23.8 Å². The third-order valence-electron chi connectivity index (χ3n) is 3.19. The maximum absolute atomic E-state index is 12.2. The Morgan fingerprint density at radius 3 is 2.74 bits per heavy atom. The Kier molecular flexibility index (Phi) is 2.96. The number of nitrogens with one attached hydrogen (secondary N) is 1. The van der Waals surface area contributed by atoms with Crippen molar-refractivity contribution < 1.29 is 9.90 Å². The number of amides is 1. The van der Waals surface area contributed by atoms with Crippen LogP contribution in [0, 0.1) is 0 Å². The topological polar surface area (TPSA) is 95.0 Å². The van der Waals surface area contributed by atoms with Gasteiger partial charge in [0.2, 0.25) is 5.82 Å². The molecule has 0 radical (unpaired) electrons. The van der Waals surface area contributed by atoms with Crippen LogP contribution in [0.25, 0.3) is 11.4 Å². The number of rotatable bonds is 2. The zero-order valence-corrected chi connectivity index (χ0v) is 10.2. The number of hydrogen-bond acceptors (Lipinski definition) is 5. The number of H-pyrrole nitrogens is 1. The molecule has 19 heavy (non-hydrogen) atoms. The van der Waals surface area contributed by atoms with Crippen molar-refractivity contribution in [1.82, 2.24) is 25.5 Å². The minimum Gasteiger partial charge on any atom is -0.391 e. The second-order valence-corrected chi connectivity index (χ2v) is 4.51. The van der Waals surface area contributed by atoms with Crippen molar-refractivity contribution in [3.63, 3.8) is 0 Å². The Morgan fingerprint density at radius 1 is 1.37 bits per heavy atom. The zero-order valence-electron chi connectivity index (χ0n) is 10.2. The maximum Gasteiger partial charge on any atom is 0.253 e. The normalized spacial score (nSPS) is 18.8. The second kappa shape index (κ2) is 4.77. The van der Waals surface area contributed by atoms with Gasteiger partial charge in [0.15, 0.2) is 0 Å². The molecule has 0 aliphatic carbocycles. The van der Waals surface area contributed by atoms with Crippen LogP contribution in [-0.4, -0.2) is 55.7 Å². The molecule has 1 aliphatic heterocycles. The van der Waals surface area contributed by atoms with Gasteiger partial charge in [0.1, 0.15) is 0 Å². The summed E-state index contributed by atoms with van der Waals surface area (Å²) in [4.78, 5) is 13.8. The second-order valence-electron chi connectivity index (χ2n) is 4.51. The number of likely N-dealkylation sites (tertiary alicyclic amines) is 1. The van der Waals surface area contributed by atoms with Crippen molar-refractivity contribution in [1.29, 1.82) is 0 Å². The molecule has 1 saturated heterocycles. The smallest absolute Gasteiger partial charge is 0.253 e. The summed E-state index contributed by atoms with van der Waals surface area (Å²) in [6.07, 6.45) is 0.245. The molecule has 0 bridgehead atoms. The zero-order chi connectivity index (χ0) is 13.2. The third-order valence-corrected chi connectivity index (χ3v) is 3.19. The SMILES string of the molecule is O=C(c1ccc(-c2nn[nH]n2)cc1)N1CCC(O)C1. The van der Waals surface area contributed by atoms with E-state index in [1.165, 1.54) is 0 Å². The Bertz CT molecular complexity index is 566. The van der Waals surface area contributed by atoms with Crippen LogP contribution < -0.4 is 0 Å². The average Bonchev–Trinajstić information content (AvgIpc) is 3.09. The fourth-order valence-electron chi connectivity index (χ4n) is 2.15. The summed E-state index contributed by atoms with van der Waals surface area (Å²) >= 11 is 0. The molecule has 2 aromatic rings. The highest BCUT2D eigenvalue weighted by molar-refractivity contribution is 5.94. The van der Waals surface area contributed by atoms with Crippen molar-refractivity contribution >= 4 is 5.91 Å². The molecule has 98 valence electrons. The first-order valence-electron chi connectivity index (χ1n) is 6.05. The Balaban J connectivity index is 1.77.